The van der Waals surface area contributed by atoms with Gasteiger partial charge < -0.3 is 15.1 Å². The lowest BCUT2D eigenvalue weighted by atomic mass is 10.1. The Morgan fingerprint density at radius 1 is 1.47 bits per heavy atom. The van der Waals surface area contributed by atoms with Gasteiger partial charge in [-0.3, -0.25) is 0 Å². The topological polar surface area (TPSA) is 55.3 Å². The van der Waals surface area contributed by atoms with Crippen LogP contribution in [0.1, 0.15) is 17.0 Å². The van der Waals surface area contributed by atoms with Gasteiger partial charge in [0.1, 0.15) is 11.5 Å². The number of benzene rings is 1. The first-order chi connectivity index (χ1) is 8.25. The number of anilines is 2. The van der Waals surface area contributed by atoms with Gasteiger partial charge in [-0.15, -0.1) is 0 Å². The number of oxazole rings is 1. The van der Waals surface area contributed by atoms with Crippen molar-refractivity contribution in [1.29, 1.82) is 0 Å². The minimum Gasteiger partial charge on any atom is -0.448 e. The lowest BCUT2D eigenvalue weighted by Crippen LogP contribution is -2.21. The molecule has 0 unspecified atom stereocenters. The van der Waals surface area contributed by atoms with Crippen LogP contribution in [0.25, 0.3) is 0 Å². The number of aryl methyl sites for hydroxylation is 1. The van der Waals surface area contributed by atoms with Crippen LogP contribution in [0, 0.1) is 6.92 Å². The predicted molar refractivity (Wildman–Crippen MR) is 66.8 cm³/mol. The van der Waals surface area contributed by atoms with Crippen LogP contribution in [0.4, 0.5) is 11.4 Å². The van der Waals surface area contributed by atoms with Gasteiger partial charge in [0.25, 0.3) is 0 Å². The van der Waals surface area contributed by atoms with Crippen molar-refractivity contribution in [2.75, 3.05) is 17.2 Å². The summed E-state index contributed by atoms with van der Waals surface area (Å²) in [7, 11) is 0. The minimum absolute atomic E-state index is 0.767. The first-order valence-electron chi connectivity index (χ1n) is 5.77. The molecule has 0 radical (unpaired) electrons. The van der Waals surface area contributed by atoms with E-state index in [1.807, 2.05) is 19.1 Å². The fraction of sp³-hybridized carbons (Fsp3) is 0.308. The van der Waals surface area contributed by atoms with Crippen molar-refractivity contribution in [3.05, 3.63) is 41.6 Å². The molecule has 0 fully saturated rings. The molecule has 4 nitrogen and oxygen atoms in total. The molecule has 1 aromatic carbocycles. The third-order valence-corrected chi connectivity index (χ3v) is 3.30. The number of para-hydroxylation sites is 1. The highest BCUT2D eigenvalue weighted by atomic mass is 16.3. The van der Waals surface area contributed by atoms with Crippen LogP contribution in [0.5, 0.6) is 0 Å². The Morgan fingerprint density at radius 3 is 3.12 bits per heavy atom. The smallest absolute Gasteiger partial charge is 0.181 e. The van der Waals surface area contributed by atoms with Gasteiger partial charge in [-0.2, -0.15) is 0 Å². The Hall–Kier alpha value is -1.97. The lowest BCUT2D eigenvalue weighted by molar-refractivity contribution is 0.524. The maximum atomic E-state index is 6.04. The highest BCUT2D eigenvalue weighted by molar-refractivity contribution is 5.74. The molecule has 0 atom stereocenters. The highest BCUT2D eigenvalue weighted by Crippen LogP contribution is 2.34. The van der Waals surface area contributed by atoms with Crippen LogP contribution in [-0.2, 0) is 13.0 Å². The van der Waals surface area contributed by atoms with E-state index < -0.39 is 0 Å². The molecule has 2 aromatic rings. The molecular weight excluding hydrogens is 214 g/mol. The van der Waals surface area contributed by atoms with Gasteiger partial charge in [0.05, 0.1) is 17.9 Å². The third kappa shape index (κ3) is 1.65. The quantitative estimate of drug-likeness (QED) is 0.801. The average molecular weight is 229 g/mol. The van der Waals surface area contributed by atoms with E-state index in [0.717, 1.165) is 42.3 Å². The van der Waals surface area contributed by atoms with Crippen molar-refractivity contribution < 1.29 is 4.42 Å². The number of nitrogens with zero attached hydrogens (tertiary/aromatic N) is 2. The average Bonchev–Trinajstić information content (AvgIpc) is 2.89. The van der Waals surface area contributed by atoms with E-state index >= 15 is 0 Å². The SMILES string of the molecule is Cc1ocnc1CN1CCc2cccc(N)c21. The summed E-state index contributed by atoms with van der Waals surface area (Å²) in [4.78, 5) is 6.51. The van der Waals surface area contributed by atoms with Gasteiger partial charge >= 0.3 is 0 Å². The van der Waals surface area contributed by atoms with Gasteiger partial charge in [-0.05, 0) is 25.0 Å². The van der Waals surface area contributed by atoms with Crippen molar-refractivity contribution >= 4 is 11.4 Å². The number of hydrogen-bond donors (Lipinski definition) is 1. The van der Waals surface area contributed by atoms with Crippen LogP contribution in [-0.4, -0.2) is 11.5 Å². The highest BCUT2D eigenvalue weighted by Gasteiger charge is 2.22. The zero-order valence-corrected chi connectivity index (χ0v) is 9.81. The molecule has 0 saturated carbocycles. The molecule has 0 amide bonds. The van der Waals surface area contributed by atoms with Gasteiger partial charge in [0.15, 0.2) is 6.39 Å². The first kappa shape index (κ1) is 10.2. The number of fused-ring (bicyclic) bond motifs is 1. The molecule has 2 N–H and O–H groups in total. The van der Waals surface area contributed by atoms with Gasteiger partial charge in [-0.25, -0.2) is 4.98 Å². The molecule has 2 heterocycles. The molecule has 0 bridgehead atoms. The Kier molecular flexibility index (Phi) is 2.28. The lowest BCUT2D eigenvalue weighted by Gasteiger charge is -2.19. The van der Waals surface area contributed by atoms with E-state index in [0.29, 0.717) is 0 Å². The summed E-state index contributed by atoms with van der Waals surface area (Å²) in [6.45, 7) is 3.70. The van der Waals surface area contributed by atoms with Crippen molar-refractivity contribution in [3.8, 4) is 0 Å². The van der Waals surface area contributed by atoms with E-state index in [-0.39, 0.29) is 0 Å². The molecular formula is C13H15N3O. The van der Waals surface area contributed by atoms with Crippen LogP contribution < -0.4 is 10.6 Å². The van der Waals surface area contributed by atoms with E-state index in [9.17, 15) is 0 Å². The molecule has 0 aliphatic carbocycles. The van der Waals surface area contributed by atoms with E-state index in [4.69, 9.17) is 10.2 Å². The zero-order valence-electron chi connectivity index (χ0n) is 9.81. The van der Waals surface area contributed by atoms with E-state index in [2.05, 4.69) is 16.0 Å². The summed E-state index contributed by atoms with van der Waals surface area (Å²) in [6, 6.07) is 6.10. The third-order valence-electron chi connectivity index (χ3n) is 3.30. The minimum atomic E-state index is 0.767. The summed E-state index contributed by atoms with van der Waals surface area (Å²) in [5.74, 6) is 0.882. The Labute approximate surface area is 100 Å². The summed E-state index contributed by atoms with van der Waals surface area (Å²) in [5.41, 5.74) is 10.4. The molecule has 1 aromatic heterocycles. The van der Waals surface area contributed by atoms with Gasteiger partial charge in [-0.1, -0.05) is 12.1 Å². The molecule has 1 aliphatic rings. The normalized spacial score (nSPS) is 14.1. The number of rotatable bonds is 2. The fourth-order valence-electron chi connectivity index (χ4n) is 2.38. The van der Waals surface area contributed by atoms with E-state index in [1.54, 1.807) is 0 Å². The standard InChI is InChI=1S/C13H15N3O/c1-9-12(15-8-17-9)7-16-6-5-10-3-2-4-11(14)13(10)16/h2-4,8H,5-7,14H2,1H3. The Balaban J connectivity index is 1.92. The second kappa shape index (κ2) is 3.80. The van der Waals surface area contributed by atoms with Gasteiger partial charge in [0, 0.05) is 6.54 Å². The number of nitrogen functional groups attached to an aromatic ring is 1. The summed E-state index contributed by atoms with van der Waals surface area (Å²) >= 11 is 0. The molecule has 0 saturated heterocycles. The van der Waals surface area contributed by atoms with Crippen LogP contribution in [0.3, 0.4) is 0 Å². The zero-order chi connectivity index (χ0) is 11.8. The van der Waals surface area contributed by atoms with Crippen molar-refractivity contribution in [2.45, 2.75) is 19.9 Å². The predicted octanol–water partition coefficient (Wildman–Crippen LogP) is 2.13. The number of nitrogens with two attached hydrogens (primary N) is 1. The van der Waals surface area contributed by atoms with Crippen molar-refractivity contribution in [2.24, 2.45) is 0 Å². The molecule has 0 spiro atoms. The largest absolute Gasteiger partial charge is 0.448 e. The molecule has 4 heteroatoms. The number of hydrogen-bond acceptors (Lipinski definition) is 4. The monoisotopic (exact) mass is 229 g/mol. The summed E-state index contributed by atoms with van der Waals surface area (Å²) < 4.78 is 5.22. The molecule has 17 heavy (non-hydrogen) atoms. The molecule has 3 rings (SSSR count). The fourth-order valence-corrected chi connectivity index (χ4v) is 2.38. The first-order valence-corrected chi connectivity index (χ1v) is 5.77. The number of aromatic nitrogens is 1. The van der Waals surface area contributed by atoms with Gasteiger partial charge in [0.2, 0.25) is 0 Å². The second-order valence-corrected chi connectivity index (χ2v) is 4.38. The van der Waals surface area contributed by atoms with Crippen molar-refractivity contribution in [1.82, 2.24) is 4.98 Å². The van der Waals surface area contributed by atoms with E-state index in [1.165, 1.54) is 12.0 Å². The maximum Gasteiger partial charge on any atom is 0.181 e. The summed E-state index contributed by atoms with van der Waals surface area (Å²) in [5, 5.41) is 0. The van der Waals surface area contributed by atoms with Crippen molar-refractivity contribution in [3.63, 3.8) is 0 Å². The summed E-state index contributed by atoms with van der Waals surface area (Å²) in [6.07, 6.45) is 2.55. The van der Waals surface area contributed by atoms with Crippen LogP contribution in [0.15, 0.2) is 29.0 Å². The maximum absolute atomic E-state index is 6.04. The molecule has 1 aliphatic heterocycles. The molecule has 88 valence electrons. The second-order valence-electron chi connectivity index (χ2n) is 4.38. The Bertz CT molecular complexity index is 547. The van der Waals surface area contributed by atoms with Crippen LogP contribution >= 0.6 is 0 Å². The van der Waals surface area contributed by atoms with Crippen LogP contribution in [0.2, 0.25) is 0 Å². The Morgan fingerprint density at radius 2 is 2.35 bits per heavy atom.